The molecule has 0 radical (unpaired) electrons. The fourth-order valence-corrected chi connectivity index (χ4v) is 2.76. The standard InChI is InChI=1S/C14H11N3O2S/c1-2-16-14(17-7-13-15-3-4-20-13)10-6-12-11(5-9(1)10)18-8-19-12/h1-6H,7-8H2,(H,16,17). The highest BCUT2D eigenvalue weighted by molar-refractivity contribution is 7.09. The molecule has 1 aliphatic rings. The highest BCUT2D eigenvalue weighted by atomic mass is 32.1. The molecule has 0 aliphatic carbocycles. The van der Waals surface area contributed by atoms with E-state index in [4.69, 9.17) is 9.47 Å². The van der Waals surface area contributed by atoms with E-state index < -0.39 is 0 Å². The normalized spacial score (nSPS) is 12.8. The van der Waals surface area contributed by atoms with Crippen molar-refractivity contribution in [3.05, 3.63) is 41.0 Å². The lowest BCUT2D eigenvalue weighted by Crippen LogP contribution is -2.01. The number of pyridine rings is 1. The van der Waals surface area contributed by atoms with Crippen molar-refractivity contribution in [2.45, 2.75) is 6.54 Å². The summed E-state index contributed by atoms with van der Waals surface area (Å²) >= 11 is 1.62. The fourth-order valence-electron chi connectivity index (χ4n) is 2.20. The Bertz CT molecular complexity index is 758. The summed E-state index contributed by atoms with van der Waals surface area (Å²) in [4.78, 5) is 8.65. The van der Waals surface area contributed by atoms with Crippen molar-refractivity contribution >= 4 is 27.9 Å². The maximum atomic E-state index is 5.42. The quantitative estimate of drug-likeness (QED) is 0.801. The molecular weight excluding hydrogens is 274 g/mol. The average Bonchev–Trinajstić information content (AvgIpc) is 3.13. The Kier molecular flexibility index (Phi) is 2.67. The lowest BCUT2D eigenvalue weighted by atomic mass is 10.1. The van der Waals surface area contributed by atoms with E-state index in [1.807, 2.05) is 23.6 Å². The van der Waals surface area contributed by atoms with Gasteiger partial charge >= 0.3 is 0 Å². The Morgan fingerprint density at radius 2 is 2.05 bits per heavy atom. The van der Waals surface area contributed by atoms with Gasteiger partial charge in [0.1, 0.15) is 10.8 Å². The number of ether oxygens (including phenoxy) is 2. The molecule has 0 fully saturated rings. The number of nitrogens with zero attached hydrogens (tertiary/aromatic N) is 2. The molecule has 100 valence electrons. The van der Waals surface area contributed by atoms with Gasteiger partial charge in [0.2, 0.25) is 6.79 Å². The van der Waals surface area contributed by atoms with Crippen LogP contribution < -0.4 is 14.8 Å². The topological polar surface area (TPSA) is 56.3 Å². The molecule has 0 unspecified atom stereocenters. The highest BCUT2D eigenvalue weighted by Gasteiger charge is 2.15. The molecule has 3 heterocycles. The van der Waals surface area contributed by atoms with Crippen LogP contribution in [0.4, 0.5) is 5.82 Å². The Hall–Kier alpha value is -2.34. The molecule has 0 spiro atoms. The zero-order valence-corrected chi connectivity index (χ0v) is 11.3. The first-order chi connectivity index (χ1) is 9.90. The van der Waals surface area contributed by atoms with Crippen molar-refractivity contribution < 1.29 is 9.47 Å². The van der Waals surface area contributed by atoms with Crippen molar-refractivity contribution in [3.8, 4) is 11.5 Å². The van der Waals surface area contributed by atoms with E-state index in [-0.39, 0.29) is 6.79 Å². The van der Waals surface area contributed by atoms with Crippen LogP contribution in [0.15, 0.2) is 36.0 Å². The molecule has 5 nitrogen and oxygen atoms in total. The van der Waals surface area contributed by atoms with E-state index >= 15 is 0 Å². The van der Waals surface area contributed by atoms with Gasteiger partial charge in [-0.1, -0.05) is 0 Å². The van der Waals surface area contributed by atoms with Crippen molar-refractivity contribution in [2.75, 3.05) is 12.1 Å². The second-order valence-electron chi connectivity index (χ2n) is 4.37. The van der Waals surface area contributed by atoms with Gasteiger partial charge in [-0.25, -0.2) is 9.97 Å². The summed E-state index contributed by atoms with van der Waals surface area (Å²) in [6.45, 7) is 0.944. The number of thiazole rings is 1. The molecule has 1 N–H and O–H groups in total. The van der Waals surface area contributed by atoms with Gasteiger partial charge in [0, 0.05) is 23.2 Å². The summed E-state index contributed by atoms with van der Waals surface area (Å²) in [5, 5.41) is 8.41. The van der Waals surface area contributed by atoms with Crippen molar-refractivity contribution in [3.63, 3.8) is 0 Å². The molecule has 0 bridgehead atoms. The smallest absolute Gasteiger partial charge is 0.231 e. The number of anilines is 1. The predicted octanol–water partition coefficient (Wildman–Crippen LogP) is 3.03. The summed E-state index contributed by atoms with van der Waals surface area (Å²) < 4.78 is 10.8. The number of hydrogen-bond acceptors (Lipinski definition) is 6. The number of benzene rings is 1. The zero-order chi connectivity index (χ0) is 13.4. The first kappa shape index (κ1) is 11.5. The van der Waals surface area contributed by atoms with E-state index in [0.29, 0.717) is 6.54 Å². The first-order valence-electron chi connectivity index (χ1n) is 6.21. The Labute approximate surface area is 119 Å². The summed E-state index contributed by atoms with van der Waals surface area (Å²) in [6, 6.07) is 5.91. The lowest BCUT2D eigenvalue weighted by Gasteiger charge is -2.08. The number of nitrogens with one attached hydrogen (secondary N) is 1. The SMILES string of the molecule is c1csc(CNc2nccc3cc4c(cc23)OCO4)n1. The number of aromatic nitrogens is 2. The molecule has 0 amide bonds. The van der Waals surface area contributed by atoms with Gasteiger partial charge in [0.15, 0.2) is 11.5 Å². The van der Waals surface area contributed by atoms with E-state index in [9.17, 15) is 0 Å². The lowest BCUT2D eigenvalue weighted by molar-refractivity contribution is 0.174. The summed E-state index contributed by atoms with van der Waals surface area (Å²) in [5.74, 6) is 2.38. The van der Waals surface area contributed by atoms with Crippen LogP contribution in [-0.2, 0) is 6.54 Å². The third kappa shape index (κ3) is 1.94. The van der Waals surface area contributed by atoms with Crippen molar-refractivity contribution in [1.82, 2.24) is 9.97 Å². The van der Waals surface area contributed by atoms with Crippen LogP contribution in [0.25, 0.3) is 10.8 Å². The fraction of sp³-hybridized carbons (Fsp3) is 0.143. The van der Waals surface area contributed by atoms with Crippen LogP contribution in [0, 0.1) is 0 Å². The number of hydrogen-bond donors (Lipinski definition) is 1. The first-order valence-corrected chi connectivity index (χ1v) is 7.09. The molecule has 0 saturated heterocycles. The van der Waals surface area contributed by atoms with Crippen LogP contribution in [0.3, 0.4) is 0 Å². The van der Waals surface area contributed by atoms with Crippen LogP contribution in [0.1, 0.15) is 5.01 Å². The summed E-state index contributed by atoms with van der Waals surface area (Å²) in [7, 11) is 0. The zero-order valence-electron chi connectivity index (χ0n) is 10.5. The van der Waals surface area contributed by atoms with Gasteiger partial charge in [0.25, 0.3) is 0 Å². The van der Waals surface area contributed by atoms with Crippen LogP contribution in [0.2, 0.25) is 0 Å². The predicted molar refractivity (Wildman–Crippen MR) is 77.3 cm³/mol. The van der Waals surface area contributed by atoms with E-state index in [2.05, 4.69) is 15.3 Å². The minimum absolute atomic E-state index is 0.279. The second-order valence-corrected chi connectivity index (χ2v) is 5.34. The van der Waals surface area contributed by atoms with E-state index in [1.165, 1.54) is 0 Å². The Balaban J connectivity index is 1.71. The highest BCUT2D eigenvalue weighted by Crippen LogP contribution is 2.37. The third-order valence-electron chi connectivity index (χ3n) is 3.15. The number of fused-ring (bicyclic) bond motifs is 2. The minimum atomic E-state index is 0.279. The molecule has 0 saturated carbocycles. The van der Waals surface area contributed by atoms with Crippen LogP contribution in [-0.4, -0.2) is 16.8 Å². The number of rotatable bonds is 3. The Morgan fingerprint density at radius 3 is 2.90 bits per heavy atom. The molecule has 3 aromatic rings. The summed E-state index contributed by atoms with van der Waals surface area (Å²) in [5.41, 5.74) is 0. The van der Waals surface area contributed by atoms with Crippen LogP contribution in [0.5, 0.6) is 11.5 Å². The maximum Gasteiger partial charge on any atom is 0.231 e. The van der Waals surface area contributed by atoms with Gasteiger partial charge in [0.05, 0.1) is 6.54 Å². The van der Waals surface area contributed by atoms with Gasteiger partial charge in [-0.05, 0) is 23.6 Å². The van der Waals surface area contributed by atoms with E-state index in [1.54, 1.807) is 23.7 Å². The molecule has 4 rings (SSSR count). The molecule has 20 heavy (non-hydrogen) atoms. The molecule has 6 heteroatoms. The molecule has 1 aliphatic heterocycles. The molecule has 1 aromatic carbocycles. The molecular formula is C14H11N3O2S. The largest absolute Gasteiger partial charge is 0.454 e. The van der Waals surface area contributed by atoms with Gasteiger partial charge in [-0.3, -0.25) is 0 Å². The average molecular weight is 285 g/mol. The van der Waals surface area contributed by atoms with Crippen LogP contribution >= 0.6 is 11.3 Å². The molecule has 0 atom stereocenters. The van der Waals surface area contributed by atoms with E-state index in [0.717, 1.165) is 33.1 Å². The third-order valence-corrected chi connectivity index (χ3v) is 3.93. The Morgan fingerprint density at radius 1 is 1.15 bits per heavy atom. The summed E-state index contributed by atoms with van der Waals surface area (Å²) in [6.07, 6.45) is 3.59. The van der Waals surface area contributed by atoms with Gasteiger partial charge in [-0.2, -0.15) is 0 Å². The minimum Gasteiger partial charge on any atom is -0.454 e. The monoisotopic (exact) mass is 285 g/mol. The van der Waals surface area contributed by atoms with Gasteiger partial charge < -0.3 is 14.8 Å². The molecule has 2 aromatic heterocycles. The van der Waals surface area contributed by atoms with Gasteiger partial charge in [-0.15, -0.1) is 11.3 Å². The van der Waals surface area contributed by atoms with Crippen molar-refractivity contribution in [1.29, 1.82) is 0 Å². The maximum absolute atomic E-state index is 5.42. The van der Waals surface area contributed by atoms with Crippen molar-refractivity contribution in [2.24, 2.45) is 0 Å². The second kappa shape index (κ2) is 4.64.